The first-order valence-corrected chi connectivity index (χ1v) is 8.65. The molecular formula is C15H15BrN4OS. The van der Waals surface area contributed by atoms with Crippen molar-refractivity contribution in [3.05, 3.63) is 45.7 Å². The predicted molar refractivity (Wildman–Crippen MR) is 93.0 cm³/mol. The van der Waals surface area contributed by atoms with Crippen LogP contribution in [0, 0.1) is 13.8 Å². The first-order valence-electron chi connectivity index (χ1n) is 6.87. The van der Waals surface area contributed by atoms with Gasteiger partial charge in [-0.25, -0.2) is 4.68 Å². The fourth-order valence-corrected chi connectivity index (χ4v) is 3.18. The van der Waals surface area contributed by atoms with E-state index < -0.39 is 0 Å². The van der Waals surface area contributed by atoms with Crippen molar-refractivity contribution < 1.29 is 4.79 Å². The molecule has 0 aliphatic carbocycles. The molecule has 0 saturated carbocycles. The lowest BCUT2D eigenvalue weighted by atomic mass is 10.2. The molecule has 0 spiro atoms. The maximum Gasteiger partial charge on any atom is 0.257 e. The van der Waals surface area contributed by atoms with Gasteiger partial charge < -0.3 is 5.32 Å². The molecule has 1 aromatic heterocycles. The normalized spacial score (nSPS) is 14.0. The lowest BCUT2D eigenvalue weighted by Gasteiger charge is -2.07. The van der Waals surface area contributed by atoms with Gasteiger partial charge in [0.05, 0.1) is 28.1 Å². The standard InChI is InChI=1S/C15H15BrN4OS/c1-9-13(16)10(2)20(19-9)12-5-3-11(4-6-12)14(21)18-15-17-7-8-22-15/h3-6H,7-8H2,1-2H3,(H,17,18,21). The highest BCUT2D eigenvalue weighted by Crippen LogP contribution is 2.23. The fraction of sp³-hybridized carbons (Fsp3) is 0.267. The summed E-state index contributed by atoms with van der Waals surface area (Å²) in [5.41, 5.74) is 3.51. The second-order valence-corrected chi connectivity index (χ2v) is 6.81. The summed E-state index contributed by atoms with van der Waals surface area (Å²) in [6, 6.07) is 7.39. The lowest BCUT2D eigenvalue weighted by Crippen LogP contribution is -2.27. The Labute approximate surface area is 141 Å². The summed E-state index contributed by atoms with van der Waals surface area (Å²) in [5.74, 6) is 0.802. The number of aryl methyl sites for hydroxylation is 1. The number of aliphatic imine (C=N–C) groups is 1. The highest BCUT2D eigenvalue weighted by Gasteiger charge is 2.14. The summed E-state index contributed by atoms with van der Waals surface area (Å²) in [7, 11) is 0. The third-order valence-corrected chi connectivity index (χ3v) is 5.42. The minimum absolute atomic E-state index is 0.130. The van der Waals surface area contributed by atoms with Gasteiger partial charge in [0.25, 0.3) is 5.91 Å². The molecule has 2 heterocycles. The molecule has 7 heteroatoms. The Morgan fingerprint density at radius 3 is 2.59 bits per heavy atom. The number of carbonyl (C=O) groups is 1. The first-order chi connectivity index (χ1) is 10.6. The van der Waals surface area contributed by atoms with Gasteiger partial charge in [-0.05, 0) is 54.0 Å². The Morgan fingerprint density at radius 2 is 2.05 bits per heavy atom. The van der Waals surface area contributed by atoms with Gasteiger partial charge in [-0.3, -0.25) is 9.79 Å². The maximum absolute atomic E-state index is 12.1. The van der Waals surface area contributed by atoms with Crippen molar-refractivity contribution in [3.63, 3.8) is 0 Å². The van der Waals surface area contributed by atoms with E-state index in [9.17, 15) is 4.79 Å². The molecule has 0 atom stereocenters. The zero-order valence-electron chi connectivity index (χ0n) is 12.3. The number of hydrogen-bond acceptors (Lipinski definition) is 4. The Bertz CT molecular complexity index is 752. The second-order valence-electron chi connectivity index (χ2n) is 4.93. The number of nitrogens with one attached hydrogen (secondary N) is 1. The fourth-order valence-electron chi connectivity index (χ4n) is 2.21. The number of halogens is 1. The van der Waals surface area contributed by atoms with Crippen molar-refractivity contribution in [2.75, 3.05) is 12.3 Å². The van der Waals surface area contributed by atoms with Crippen molar-refractivity contribution in [1.82, 2.24) is 15.1 Å². The predicted octanol–water partition coefficient (Wildman–Crippen LogP) is 3.08. The average Bonchev–Trinajstić information content (AvgIpc) is 3.12. The summed E-state index contributed by atoms with van der Waals surface area (Å²) >= 11 is 5.09. The van der Waals surface area contributed by atoms with Crippen LogP contribution in [0.5, 0.6) is 0 Å². The largest absolute Gasteiger partial charge is 0.301 e. The van der Waals surface area contributed by atoms with E-state index in [-0.39, 0.29) is 5.91 Å². The molecule has 0 bridgehead atoms. The van der Waals surface area contributed by atoms with Gasteiger partial charge in [0.15, 0.2) is 5.17 Å². The first kappa shape index (κ1) is 15.3. The van der Waals surface area contributed by atoms with Gasteiger partial charge >= 0.3 is 0 Å². The molecule has 0 unspecified atom stereocenters. The average molecular weight is 379 g/mol. The van der Waals surface area contributed by atoms with Crippen LogP contribution in [-0.4, -0.2) is 33.2 Å². The molecule has 1 amide bonds. The Kier molecular flexibility index (Phi) is 4.35. The van der Waals surface area contributed by atoms with Gasteiger partial charge in [-0.1, -0.05) is 11.8 Å². The third-order valence-electron chi connectivity index (χ3n) is 3.38. The summed E-state index contributed by atoms with van der Waals surface area (Å²) in [5, 5.41) is 8.01. The van der Waals surface area contributed by atoms with Gasteiger partial charge in [-0.15, -0.1) is 0 Å². The Morgan fingerprint density at radius 1 is 1.32 bits per heavy atom. The number of benzene rings is 1. The van der Waals surface area contributed by atoms with Gasteiger partial charge in [0.1, 0.15) is 0 Å². The van der Waals surface area contributed by atoms with E-state index in [1.807, 2.05) is 30.7 Å². The van der Waals surface area contributed by atoms with Crippen LogP contribution in [0.4, 0.5) is 0 Å². The number of thioether (sulfide) groups is 1. The molecule has 114 valence electrons. The van der Waals surface area contributed by atoms with Gasteiger partial charge in [-0.2, -0.15) is 5.10 Å². The van der Waals surface area contributed by atoms with Crippen molar-refractivity contribution in [2.24, 2.45) is 4.99 Å². The smallest absolute Gasteiger partial charge is 0.257 e. The summed E-state index contributed by atoms with van der Waals surface area (Å²) in [6.45, 7) is 4.72. The van der Waals surface area contributed by atoms with Crippen molar-refractivity contribution in [2.45, 2.75) is 13.8 Å². The highest BCUT2D eigenvalue weighted by atomic mass is 79.9. The minimum atomic E-state index is -0.130. The number of nitrogens with zero attached hydrogens (tertiary/aromatic N) is 3. The number of amidine groups is 1. The molecule has 0 fully saturated rings. The number of carbonyl (C=O) groups excluding carboxylic acids is 1. The second kappa shape index (κ2) is 6.26. The summed E-state index contributed by atoms with van der Waals surface area (Å²) < 4.78 is 2.86. The monoisotopic (exact) mass is 378 g/mol. The lowest BCUT2D eigenvalue weighted by molar-refractivity contribution is 0.0978. The number of amides is 1. The molecule has 1 aromatic carbocycles. The maximum atomic E-state index is 12.1. The van der Waals surface area contributed by atoms with Crippen molar-refractivity contribution in [1.29, 1.82) is 0 Å². The molecule has 1 aliphatic heterocycles. The molecule has 0 saturated heterocycles. The quantitative estimate of drug-likeness (QED) is 0.873. The molecule has 1 aliphatic rings. The molecule has 3 rings (SSSR count). The van der Waals surface area contributed by atoms with E-state index in [2.05, 4.69) is 31.3 Å². The van der Waals surface area contributed by atoms with Crippen molar-refractivity contribution in [3.8, 4) is 5.69 Å². The van der Waals surface area contributed by atoms with Crippen LogP contribution in [0.15, 0.2) is 33.7 Å². The Balaban J connectivity index is 1.80. The molecular weight excluding hydrogens is 364 g/mol. The zero-order valence-corrected chi connectivity index (χ0v) is 14.7. The zero-order chi connectivity index (χ0) is 15.7. The molecule has 0 radical (unpaired) electrons. The van der Waals surface area contributed by atoms with Crippen LogP contribution < -0.4 is 5.32 Å². The number of hydrogen-bond donors (Lipinski definition) is 1. The third kappa shape index (κ3) is 2.96. The summed E-state index contributed by atoms with van der Waals surface area (Å²) in [4.78, 5) is 16.4. The van der Waals surface area contributed by atoms with Gasteiger partial charge in [0.2, 0.25) is 0 Å². The van der Waals surface area contributed by atoms with Crippen LogP contribution in [0.1, 0.15) is 21.7 Å². The van der Waals surface area contributed by atoms with E-state index in [1.165, 1.54) is 0 Å². The molecule has 5 nitrogen and oxygen atoms in total. The molecule has 2 aromatic rings. The number of rotatable bonds is 2. The van der Waals surface area contributed by atoms with Crippen molar-refractivity contribution >= 4 is 38.8 Å². The summed E-state index contributed by atoms with van der Waals surface area (Å²) in [6.07, 6.45) is 0. The van der Waals surface area contributed by atoms with E-state index >= 15 is 0 Å². The van der Waals surface area contributed by atoms with Crippen LogP contribution >= 0.6 is 27.7 Å². The van der Waals surface area contributed by atoms with E-state index in [0.717, 1.165) is 33.8 Å². The van der Waals surface area contributed by atoms with E-state index in [1.54, 1.807) is 23.9 Å². The highest BCUT2D eigenvalue weighted by molar-refractivity contribution is 9.10. The molecule has 1 N–H and O–H groups in total. The SMILES string of the molecule is Cc1nn(-c2ccc(C(=O)NC3=NCCS3)cc2)c(C)c1Br. The van der Waals surface area contributed by atoms with Crippen LogP contribution in [0.2, 0.25) is 0 Å². The topological polar surface area (TPSA) is 59.3 Å². The van der Waals surface area contributed by atoms with Gasteiger partial charge in [0, 0.05) is 11.3 Å². The van der Waals surface area contributed by atoms with Crippen LogP contribution in [0.25, 0.3) is 5.69 Å². The van der Waals surface area contributed by atoms with Crippen LogP contribution in [-0.2, 0) is 0 Å². The number of aromatic nitrogens is 2. The molecule has 22 heavy (non-hydrogen) atoms. The minimum Gasteiger partial charge on any atom is -0.301 e. The van der Waals surface area contributed by atoms with E-state index in [0.29, 0.717) is 10.7 Å². The van der Waals surface area contributed by atoms with E-state index in [4.69, 9.17) is 0 Å². The Hall–Kier alpha value is -1.60. The van der Waals surface area contributed by atoms with Crippen LogP contribution in [0.3, 0.4) is 0 Å².